The van der Waals surface area contributed by atoms with E-state index in [1.54, 1.807) is 38.6 Å². The fourth-order valence-corrected chi connectivity index (χ4v) is 2.26. The Kier molecular flexibility index (Phi) is 3.74. The van der Waals surface area contributed by atoms with Crippen LogP contribution < -0.4 is 14.5 Å². The molecule has 0 saturated heterocycles. The first-order valence-electron chi connectivity index (χ1n) is 6.77. The summed E-state index contributed by atoms with van der Waals surface area (Å²) in [6.45, 7) is 0. The molecule has 1 aromatic carbocycles. The van der Waals surface area contributed by atoms with Crippen LogP contribution >= 0.6 is 0 Å². The number of benzene rings is 1. The van der Waals surface area contributed by atoms with E-state index in [0.29, 0.717) is 23.0 Å². The van der Waals surface area contributed by atoms with Crippen molar-refractivity contribution in [2.45, 2.75) is 6.42 Å². The number of amides is 1. The molecule has 22 heavy (non-hydrogen) atoms. The number of hydrazone groups is 1. The van der Waals surface area contributed by atoms with Crippen LogP contribution in [0.2, 0.25) is 0 Å². The van der Waals surface area contributed by atoms with E-state index in [-0.39, 0.29) is 12.3 Å². The third-order valence-electron chi connectivity index (χ3n) is 3.36. The van der Waals surface area contributed by atoms with Crippen LogP contribution in [0.5, 0.6) is 11.5 Å². The Bertz CT molecular complexity index is 729. The first-order chi connectivity index (χ1) is 10.7. The highest BCUT2D eigenvalue weighted by atomic mass is 16.5. The van der Waals surface area contributed by atoms with Gasteiger partial charge in [0.05, 0.1) is 26.4 Å². The zero-order valence-electron chi connectivity index (χ0n) is 12.3. The molecular formula is C16H15N3O3. The number of pyridine rings is 1. The lowest BCUT2D eigenvalue weighted by Gasteiger charge is -2.09. The summed E-state index contributed by atoms with van der Waals surface area (Å²) in [5.74, 6) is 1.65. The number of carbonyl (C=O) groups is 1. The minimum Gasteiger partial charge on any atom is -0.493 e. The topological polar surface area (TPSA) is 64.0 Å². The molecule has 0 atom stereocenters. The predicted octanol–water partition coefficient (Wildman–Crippen LogP) is 2.24. The lowest BCUT2D eigenvalue weighted by Crippen LogP contribution is -2.20. The minimum absolute atomic E-state index is 0.108. The lowest BCUT2D eigenvalue weighted by molar-refractivity contribution is -0.116. The molecule has 0 unspecified atom stereocenters. The van der Waals surface area contributed by atoms with Gasteiger partial charge in [-0.25, -0.2) is 4.98 Å². The van der Waals surface area contributed by atoms with Crippen molar-refractivity contribution in [3.63, 3.8) is 0 Å². The number of methoxy groups -OCH3 is 2. The van der Waals surface area contributed by atoms with Crippen molar-refractivity contribution in [3.05, 3.63) is 48.2 Å². The molecule has 1 aromatic heterocycles. The van der Waals surface area contributed by atoms with Gasteiger partial charge in [0, 0.05) is 11.8 Å². The van der Waals surface area contributed by atoms with Crippen LogP contribution in [0.1, 0.15) is 12.0 Å². The van der Waals surface area contributed by atoms with Gasteiger partial charge in [0.25, 0.3) is 5.91 Å². The summed E-state index contributed by atoms with van der Waals surface area (Å²) in [7, 11) is 3.15. The highest BCUT2D eigenvalue weighted by Gasteiger charge is 2.27. The number of rotatable bonds is 4. The van der Waals surface area contributed by atoms with Crippen LogP contribution in [0.15, 0.2) is 47.7 Å². The fourth-order valence-electron chi connectivity index (χ4n) is 2.26. The highest BCUT2D eigenvalue weighted by Crippen LogP contribution is 2.29. The SMILES string of the molecule is COc1ccc(C2=NN(c3ccccn3)C(=O)C2)cc1OC. The lowest BCUT2D eigenvalue weighted by atomic mass is 10.1. The van der Waals surface area contributed by atoms with Crippen LogP contribution in [0, 0.1) is 0 Å². The van der Waals surface area contributed by atoms with Gasteiger partial charge in [-0.2, -0.15) is 10.1 Å². The number of nitrogens with zero attached hydrogens (tertiary/aromatic N) is 3. The Balaban J connectivity index is 1.94. The van der Waals surface area contributed by atoms with Gasteiger partial charge >= 0.3 is 0 Å². The maximum absolute atomic E-state index is 12.2. The van der Waals surface area contributed by atoms with Crippen molar-refractivity contribution >= 4 is 17.4 Å². The summed E-state index contributed by atoms with van der Waals surface area (Å²) >= 11 is 0. The van der Waals surface area contributed by atoms with Gasteiger partial charge in [0.15, 0.2) is 17.3 Å². The standard InChI is InChI=1S/C16H15N3O3/c1-21-13-7-6-11(9-14(13)22-2)12-10-16(20)19(18-12)15-5-3-4-8-17-15/h3-9H,10H2,1-2H3. The number of carbonyl (C=O) groups excluding carboxylic acids is 1. The third-order valence-corrected chi connectivity index (χ3v) is 3.36. The second kappa shape index (κ2) is 5.85. The Morgan fingerprint density at radius 1 is 1.09 bits per heavy atom. The second-order valence-electron chi connectivity index (χ2n) is 4.69. The van der Waals surface area contributed by atoms with Crippen molar-refractivity contribution in [3.8, 4) is 11.5 Å². The van der Waals surface area contributed by atoms with Gasteiger partial charge in [-0.15, -0.1) is 0 Å². The number of hydrogen-bond donors (Lipinski definition) is 0. The molecule has 1 amide bonds. The molecule has 1 aliphatic heterocycles. The number of ether oxygens (including phenoxy) is 2. The molecule has 0 bridgehead atoms. The molecule has 1 aliphatic rings. The van der Waals surface area contributed by atoms with E-state index in [4.69, 9.17) is 9.47 Å². The van der Waals surface area contributed by atoms with E-state index in [2.05, 4.69) is 10.1 Å². The van der Waals surface area contributed by atoms with Crippen LogP contribution in [0.25, 0.3) is 0 Å². The predicted molar refractivity (Wildman–Crippen MR) is 82.4 cm³/mol. The van der Waals surface area contributed by atoms with Crippen molar-refractivity contribution in [2.24, 2.45) is 5.10 Å². The molecule has 2 heterocycles. The number of hydrogen-bond acceptors (Lipinski definition) is 5. The van der Waals surface area contributed by atoms with Gasteiger partial charge in [-0.1, -0.05) is 6.07 Å². The smallest absolute Gasteiger partial charge is 0.254 e. The zero-order valence-corrected chi connectivity index (χ0v) is 12.3. The van der Waals surface area contributed by atoms with E-state index in [1.165, 1.54) is 5.01 Å². The molecule has 3 rings (SSSR count). The van der Waals surface area contributed by atoms with E-state index in [9.17, 15) is 4.79 Å². The summed E-state index contributed by atoms with van der Waals surface area (Å²) in [4.78, 5) is 16.3. The number of aromatic nitrogens is 1. The van der Waals surface area contributed by atoms with Crippen molar-refractivity contribution in [1.82, 2.24) is 4.98 Å². The van der Waals surface area contributed by atoms with E-state index in [1.807, 2.05) is 18.2 Å². The summed E-state index contributed by atoms with van der Waals surface area (Å²) in [5.41, 5.74) is 1.50. The molecule has 112 valence electrons. The minimum atomic E-state index is -0.108. The Hall–Kier alpha value is -2.89. The van der Waals surface area contributed by atoms with Gasteiger partial charge in [-0.05, 0) is 30.3 Å². The van der Waals surface area contributed by atoms with Crippen LogP contribution in [-0.2, 0) is 4.79 Å². The maximum Gasteiger partial charge on any atom is 0.254 e. The Morgan fingerprint density at radius 3 is 2.59 bits per heavy atom. The molecule has 6 nitrogen and oxygen atoms in total. The number of anilines is 1. The molecule has 6 heteroatoms. The van der Waals surface area contributed by atoms with Gasteiger partial charge in [0.1, 0.15) is 0 Å². The highest BCUT2D eigenvalue weighted by molar-refractivity contribution is 6.19. The molecule has 0 spiro atoms. The van der Waals surface area contributed by atoms with E-state index >= 15 is 0 Å². The third kappa shape index (κ3) is 2.50. The van der Waals surface area contributed by atoms with Crippen molar-refractivity contribution in [1.29, 1.82) is 0 Å². The molecule has 0 aliphatic carbocycles. The molecular weight excluding hydrogens is 282 g/mol. The van der Waals surface area contributed by atoms with E-state index < -0.39 is 0 Å². The average Bonchev–Trinajstić information content (AvgIpc) is 2.97. The normalized spacial score (nSPS) is 14.0. The first kappa shape index (κ1) is 14.1. The fraction of sp³-hybridized carbons (Fsp3) is 0.188. The monoisotopic (exact) mass is 297 g/mol. The Labute approximate surface area is 128 Å². The van der Waals surface area contributed by atoms with Crippen molar-refractivity contribution in [2.75, 3.05) is 19.2 Å². The summed E-state index contributed by atoms with van der Waals surface area (Å²) in [5, 5.41) is 5.71. The zero-order chi connectivity index (χ0) is 15.5. The Morgan fingerprint density at radius 2 is 1.91 bits per heavy atom. The van der Waals surface area contributed by atoms with Gasteiger partial charge in [0.2, 0.25) is 0 Å². The van der Waals surface area contributed by atoms with Gasteiger partial charge in [-0.3, -0.25) is 4.79 Å². The molecule has 0 radical (unpaired) electrons. The largest absolute Gasteiger partial charge is 0.493 e. The van der Waals surface area contributed by atoms with E-state index in [0.717, 1.165) is 5.56 Å². The van der Waals surface area contributed by atoms with Crippen molar-refractivity contribution < 1.29 is 14.3 Å². The summed E-state index contributed by atoms with van der Waals surface area (Å²) in [6.07, 6.45) is 1.86. The summed E-state index contributed by atoms with van der Waals surface area (Å²) in [6, 6.07) is 10.8. The summed E-state index contributed by atoms with van der Waals surface area (Å²) < 4.78 is 10.5. The van der Waals surface area contributed by atoms with Gasteiger partial charge < -0.3 is 9.47 Å². The van der Waals surface area contributed by atoms with Crippen LogP contribution in [-0.4, -0.2) is 30.8 Å². The van der Waals surface area contributed by atoms with Crippen LogP contribution in [0.3, 0.4) is 0 Å². The first-order valence-corrected chi connectivity index (χ1v) is 6.77. The second-order valence-corrected chi connectivity index (χ2v) is 4.69. The quantitative estimate of drug-likeness (QED) is 0.868. The average molecular weight is 297 g/mol. The molecule has 0 N–H and O–H groups in total. The molecule has 0 saturated carbocycles. The van der Waals surface area contributed by atoms with Crippen LogP contribution in [0.4, 0.5) is 5.82 Å². The maximum atomic E-state index is 12.2. The molecule has 0 fully saturated rings. The molecule has 2 aromatic rings.